The van der Waals surface area contributed by atoms with Gasteiger partial charge in [0, 0.05) is 26.4 Å². The van der Waals surface area contributed by atoms with Crippen LogP contribution in [0.15, 0.2) is 78.0 Å². The van der Waals surface area contributed by atoms with Crippen LogP contribution >= 0.6 is 46.6 Å². The molecule has 1 aromatic heterocycles. The molecule has 4 aromatic rings. The number of rotatable bonds is 6. The largest absolute Gasteiger partial charge is 0.298 e. The van der Waals surface area contributed by atoms with Crippen molar-refractivity contribution in [3.8, 4) is 11.4 Å². The molecule has 3 aromatic carbocycles. The molecule has 1 heterocycles. The first-order valence-corrected chi connectivity index (χ1v) is 11.0. The fourth-order valence-electron chi connectivity index (χ4n) is 2.92. The van der Waals surface area contributed by atoms with E-state index >= 15 is 0 Å². The van der Waals surface area contributed by atoms with E-state index < -0.39 is 0 Å². The summed E-state index contributed by atoms with van der Waals surface area (Å²) in [6.07, 6.45) is 0. The third-order valence-electron chi connectivity index (χ3n) is 4.41. The topological polar surface area (TPSA) is 30.7 Å². The van der Waals surface area contributed by atoms with Crippen LogP contribution in [0.1, 0.15) is 11.1 Å². The Morgan fingerprint density at radius 2 is 1.45 bits per heavy atom. The van der Waals surface area contributed by atoms with Gasteiger partial charge >= 0.3 is 0 Å². The van der Waals surface area contributed by atoms with Crippen LogP contribution < -0.4 is 0 Å². The molecule has 0 N–H and O–H groups in total. The van der Waals surface area contributed by atoms with Gasteiger partial charge in [-0.15, -0.1) is 10.2 Å². The average molecular weight is 461 g/mol. The zero-order chi connectivity index (χ0) is 20.2. The summed E-state index contributed by atoms with van der Waals surface area (Å²) in [7, 11) is 0. The summed E-state index contributed by atoms with van der Waals surface area (Å²) in [5.41, 5.74) is 3.02. The molecule has 4 rings (SSSR count). The lowest BCUT2D eigenvalue weighted by Crippen LogP contribution is -2.04. The smallest absolute Gasteiger partial charge is 0.192 e. The summed E-state index contributed by atoms with van der Waals surface area (Å²) < 4.78 is 2.11. The molecule has 0 aliphatic heterocycles. The Morgan fingerprint density at radius 1 is 0.759 bits per heavy atom. The second-order valence-corrected chi connectivity index (χ2v) is 8.57. The van der Waals surface area contributed by atoms with E-state index in [9.17, 15) is 0 Å². The summed E-state index contributed by atoms with van der Waals surface area (Å²) in [5, 5.41) is 11.7. The van der Waals surface area contributed by atoms with Gasteiger partial charge in [0.2, 0.25) is 0 Å². The van der Waals surface area contributed by atoms with Crippen LogP contribution in [-0.2, 0) is 12.3 Å². The van der Waals surface area contributed by atoms with Gasteiger partial charge in [-0.3, -0.25) is 4.57 Å². The van der Waals surface area contributed by atoms with Crippen LogP contribution in [0.3, 0.4) is 0 Å². The monoisotopic (exact) mass is 459 g/mol. The van der Waals surface area contributed by atoms with E-state index in [0.29, 0.717) is 27.4 Å². The van der Waals surface area contributed by atoms with Gasteiger partial charge in [0.25, 0.3) is 0 Å². The van der Waals surface area contributed by atoms with Crippen LogP contribution in [0.2, 0.25) is 15.1 Å². The van der Waals surface area contributed by atoms with Crippen molar-refractivity contribution in [1.29, 1.82) is 0 Å². The van der Waals surface area contributed by atoms with Crippen molar-refractivity contribution in [2.24, 2.45) is 0 Å². The molecule has 0 fully saturated rings. The molecule has 7 heteroatoms. The van der Waals surface area contributed by atoms with Crippen LogP contribution in [0, 0.1) is 0 Å². The number of nitrogens with zero attached hydrogens (tertiary/aromatic N) is 3. The first-order chi connectivity index (χ1) is 14.1. The Morgan fingerprint density at radius 3 is 2.14 bits per heavy atom. The van der Waals surface area contributed by atoms with Crippen molar-refractivity contribution >= 4 is 46.6 Å². The van der Waals surface area contributed by atoms with Crippen molar-refractivity contribution in [2.45, 2.75) is 17.5 Å². The number of halogens is 3. The average Bonchev–Trinajstić information content (AvgIpc) is 3.11. The summed E-state index contributed by atoms with van der Waals surface area (Å²) in [4.78, 5) is 0. The Labute approximate surface area is 188 Å². The van der Waals surface area contributed by atoms with Gasteiger partial charge in [-0.05, 0) is 47.5 Å². The molecule has 0 aliphatic rings. The number of aromatic nitrogens is 3. The molecule has 3 nitrogen and oxygen atoms in total. The minimum Gasteiger partial charge on any atom is -0.298 e. The first kappa shape index (κ1) is 20.3. The van der Waals surface area contributed by atoms with Crippen molar-refractivity contribution in [3.63, 3.8) is 0 Å². The van der Waals surface area contributed by atoms with Crippen LogP contribution in [0.25, 0.3) is 11.4 Å². The lowest BCUT2D eigenvalue weighted by atomic mass is 10.2. The maximum Gasteiger partial charge on any atom is 0.192 e. The van der Waals surface area contributed by atoms with Gasteiger partial charge in [0.15, 0.2) is 11.0 Å². The zero-order valence-corrected chi connectivity index (χ0v) is 18.3. The van der Waals surface area contributed by atoms with Gasteiger partial charge in [-0.1, -0.05) is 83.0 Å². The fraction of sp³-hybridized carbons (Fsp3) is 0.0909. The Hall–Kier alpha value is -1.98. The van der Waals surface area contributed by atoms with E-state index in [-0.39, 0.29) is 0 Å². The highest BCUT2D eigenvalue weighted by molar-refractivity contribution is 7.98. The molecule has 29 heavy (non-hydrogen) atoms. The number of hydrogen-bond donors (Lipinski definition) is 0. The van der Waals surface area contributed by atoms with E-state index in [2.05, 4.69) is 26.9 Å². The second kappa shape index (κ2) is 9.23. The van der Waals surface area contributed by atoms with Gasteiger partial charge < -0.3 is 0 Å². The molecule has 0 radical (unpaired) electrons. The molecular formula is C22H16Cl3N3S. The molecular weight excluding hydrogens is 445 g/mol. The summed E-state index contributed by atoms with van der Waals surface area (Å²) >= 11 is 20.3. The van der Waals surface area contributed by atoms with E-state index in [0.717, 1.165) is 22.1 Å². The van der Waals surface area contributed by atoms with Crippen LogP contribution in [0.5, 0.6) is 0 Å². The SMILES string of the molecule is Clc1ccc(-c2nnc(SCc3c(Cl)cccc3Cl)n2Cc2ccccc2)cc1. The summed E-state index contributed by atoms with van der Waals surface area (Å²) in [5.74, 6) is 1.39. The van der Waals surface area contributed by atoms with E-state index in [1.807, 2.05) is 60.7 Å². The third-order valence-corrected chi connectivity index (χ3v) is 6.36. The van der Waals surface area contributed by atoms with Crippen LogP contribution in [0.4, 0.5) is 0 Å². The zero-order valence-electron chi connectivity index (χ0n) is 15.2. The van der Waals surface area contributed by atoms with Crippen LogP contribution in [-0.4, -0.2) is 14.8 Å². The minimum absolute atomic E-state index is 0.603. The Kier molecular flexibility index (Phi) is 6.46. The first-order valence-electron chi connectivity index (χ1n) is 8.90. The van der Waals surface area contributed by atoms with Gasteiger partial charge in [-0.25, -0.2) is 0 Å². The predicted octanol–water partition coefficient (Wildman–Crippen LogP) is 7.25. The molecule has 0 spiro atoms. The van der Waals surface area contributed by atoms with Gasteiger partial charge in [0.1, 0.15) is 0 Å². The molecule has 0 saturated heterocycles. The number of benzene rings is 3. The quantitative estimate of drug-likeness (QED) is 0.284. The molecule has 0 bridgehead atoms. The maximum atomic E-state index is 6.33. The number of hydrogen-bond acceptors (Lipinski definition) is 3. The third kappa shape index (κ3) is 4.78. The lowest BCUT2D eigenvalue weighted by molar-refractivity contribution is 0.714. The van der Waals surface area contributed by atoms with Crippen molar-refractivity contribution in [1.82, 2.24) is 14.8 Å². The summed E-state index contributed by atoms with van der Waals surface area (Å²) in [6.45, 7) is 0.657. The van der Waals surface area contributed by atoms with E-state index in [1.165, 1.54) is 5.56 Å². The Balaban J connectivity index is 1.68. The highest BCUT2D eigenvalue weighted by Crippen LogP contribution is 2.33. The second-order valence-electron chi connectivity index (χ2n) is 6.37. The maximum absolute atomic E-state index is 6.33. The van der Waals surface area contributed by atoms with Gasteiger partial charge in [-0.2, -0.15) is 0 Å². The molecule has 0 unspecified atom stereocenters. The lowest BCUT2D eigenvalue weighted by Gasteiger charge is -2.11. The highest BCUT2D eigenvalue weighted by atomic mass is 35.5. The predicted molar refractivity (Wildman–Crippen MR) is 122 cm³/mol. The number of thioether (sulfide) groups is 1. The van der Waals surface area contributed by atoms with Crippen molar-refractivity contribution in [3.05, 3.63) is 99.0 Å². The highest BCUT2D eigenvalue weighted by Gasteiger charge is 2.16. The normalized spacial score (nSPS) is 11.0. The van der Waals surface area contributed by atoms with Crippen molar-refractivity contribution < 1.29 is 0 Å². The minimum atomic E-state index is 0.603. The standard InChI is InChI=1S/C22H16Cl3N3S/c23-17-11-9-16(10-12-17)21-26-27-22(28(21)13-15-5-2-1-3-6-15)29-14-18-19(24)7-4-8-20(18)25/h1-12H,13-14H2. The molecule has 146 valence electrons. The molecule has 0 saturated carbocycles. The van der Waals surface area contributed by atoms with Crippen molar-refractivity contribution in [2.75, 3.05) is 0 Å². The Bertz CT molecular complexity index is 1090. The van der Waals surface area contributed by atoms with E-state index in [4.69, 9.17) is 34.8 Å². The fourth-order valence-corrected chi connectivity index (χ4v) is 4.73. The van der Waals surface area contributed by atoms with E-state index in [1.54, 1.807) is 11.8 Å². The summed E-state index contributed by atoms with van der Waals surface area (Å²) in [6, 6.07) is 23.4. The molecule has 0 aliphatic carbocycles. The molecule has 0 amide bonds. The molecule has 0 atom stereocenters. The van der Waals surface area contributed by atoms with Gasteiger partial charge in [0.05, 0.1) is 6.54 Å².